The molecule has 1 aromatic heterocycles. The second-order valence-electron chi connectivity index (χ2n) is 6.23. The van der Waals surface area contributed by atoms with Gasteiger partial charge >= 0.3 is 0 Å². The predicted molar refractivity (Wildman–Crippen MR) is 104 cm³/mol. The number of nitrogens with two attached hydrogens (primary N) is 1. The Kier molecular flexibility index (Phi) is 8.14. The van der Waals surface area contributed by atoms with Crippen LogP contribution in [0.2, 0.25) is 0 Å². The van der Waals surface area contributed by atoms with Crippen molar-refractivity contribution in [2.45, 2.75) is 13.3 Å². The molecule has 1 radical (unpaired) electrons. The van der Waals surface area contributed by atoms with Gasteiger partial charge in [-0.25, -0.2) is 9.37 Å². The van der Waals surface area contributed by atoms with Gasteiger partial charge in [-0.1, -0.05) is 12.1 Å². The molecule has 0 atom stereocenters. The van der Waals surface area contributed by atoms with Crippen LogP contribution in [0.15, 0.2) is 60.5 Å². The third-order valence-electron chi connectivity index (χ3n) is 4.31. The van der Waals surface area contributed by atoms with Crippen molar-refractivity contribution in [1.29, 1.82) is 0 Å². The van der Waals surface area contributed by atoms with Crippen LogP contribution in [0.4, 0.5) is 14.6 Å². The number of benzene rings is 2. The van der Waals surface area contributed by atoms with Crippen LogP contribution < -0.4 is 15.4 Å². The largest absolute Gasteiger partial charge is 0.512 e. The molecule has 4 N–H and O–H groups in total. The second-order valence-corrected chi connectivity index (χ2v) is 6.23. The number of phenolic OH excluding ortho intramolecular Hbond substituents is 1. The van der Waals surface area contributed by atoms with E-state index in [4.69, 9.17) is 10.5 Å². The summed E-state index contributed by atoms with van der Waals surface area (Å²) >= 11 is 0. The van der Waals surface area contributed by atoms with E-state index in [0.717, 1.165) is 0 Å². The van der Waals surface area contributed by atoms with Crippen LogP contribution in [0.25, 0.3) is 5.57 Å². The number of pyridine rings is 1. The fourth-order valence-electron chi connectivity index (χ4n) is 2.76. The van der Waals surface area contributed by atoms with Crippen molar-refractivity contribution in [3.05, 3.63) is 77.4 Å². The maximum absolute atomic E-state index is 13.7. The van der Waals surface area contributed by atoms with Crippen molar-refractivity contribution >= 4 is 11.3 Å². The van der Waals surface area contributed by atoms with Gasteiger partial charge in [-0.3, -0.25) is 4.94 Å². The summed E-state index contributed by atoms with van der Waals surface area (Å²) in [6.45, 7) is 1.59. The molecule has 153 valence electrons. The van der Waals surface area contributed by atoms with Crippen molar-refractivity contribution in [3.8, 4) is 23.1 Å². The number of anilines is 1. The van der Waals surface area contributed by atoms with E-state index in [-0.39, 0.29) is 73.7 Å². The van der Waals surface area contributed by atoms with Gasteiger partial charge in [-0.05, 0) is 42.8 Å². The van der Waals surface area contributed by atoms with E-state index in [1.165, 1.54) is 42.6 Å². The van der Waals surface area contributed by atoms with Gasteiger partial charge in [0.25, 0.3) is 5.88 Å². The standard InChI is InChI=1S/C21H18F2N2O4.Y/c1-12(18(26)10-13-4-2-6-17(24)20(13)29-23)15-8-7-14(11-19(15)27)28-21-16(22)5-3-9-25-21;/h2-9,11,26-27H,10,24H2,1H3;/b18-12-;. The third kappa shape index (κ3) is 5.26. The molecule has 1 heterocycles. The summed E-state index contributed by atoms with van der Waals surface area (Å²) in [6.07, 6.45) is 1.32. The molecule has 3 rings (SSSR count). The first-order chi connectivity index (χ1) is 13.9. The number of nitrogen functional groups attached to an aromatic ring is 1. The van der Waals surface area contributed by atoms with Crippen molar-refractivity contribution in [2.24, 2.45) is 0 Å². The number of nitrogens with zero attached hydrogens (tertiary/aromatic N) is 1. The maximum Gasteiger partial charge on any atom is 0.255 e. The molecule has 0 amide bonds. The fourth-order valence-corrected chi connectivity index (χ4v) is 2.76. The van der Waals surface area contributed by atoms with Gasteiger partial charge < -0.3 is 20.7 Å². The number of aliphatic hydroxyl groups excluding tert-OH is 1. The monoisotopic (exact) mass is 489 g/mol. The first kappa shape index (κ1) is 23.6. The first-order valence-electron chi connectivity index (χ1n) is 8.57. The minimum Gasteiger partial charge on any atom is -0.512 e. The molecule has 6 nitrogen and oxygen atoms in total. The number of hydrogen-bond donors (Lipinski definition) is 3. The van der Waals surface area contributed by atoms with Crippen molar-refractivity contribution in [2.75, 3.05) is 5.73 Å². The number of ether oxygens (including phenoxy) is 1. The van der Waals surface area contributed by atoms with Gasteiger partial charge in [-0.2, -0.15) is 0 Å². The number of phenols is 1. The fraction of sp³-hybridized carbons (Fsp3) is 0.0952. The number of aliphatic hydroxyl groups is 1. The number of para-hydroxylation sites is 1. The summed E-state index contributed by atoms with van der Waals surface area (Å²) in [4.78, 5) is 7.59. The van der Waals surface area contributed by atoms with Crippen LogP contribution in [0.1, 0.15) is 18.1 Å². The van der Waals surface area contributed by atoms with E-state index in [1.807, 2.05) is 0 Å². The molecule has 0 fully saturated rings. The van der Waals surface area contributed by atoms with Gasteiger partial charge in [0.2, 0.25) is 0 Å². The van der Waals surface area contributed by atoms with Crippen LogP contribution in [-0.2, 0) is 39.1 Å². The number of aromatic hydroxyl groups is 1. The Bertz CT molecular complexity index is 1080. The van der Waals surface area contributed by atoms with E-state index in [1.54, 1.807) is 19.1 Å². The zero-order chi connectivity index (χ0) is 21.0. The van der Waals surface area contributed by atoms with Crippen molar-refractivity contribution in [1.82, 2.24) is 4.98 Å². The van der Waals surface area contributed by atoms with Gasteiger partial charge in [0.05, 0.1) is 5.69 Å². The molecule has 0 unspecified atom stereocenters. The molecule has 2 aromatic carbocycles. The van der Waals surface area contributed by atoms with E-state index in [9.17, 15) is 19.1 Å². The smallest absolute Gasteiger partial charge is 0.255 e. The Morgan fingerprint density at radius 3 is 2.60 bits per heavy atom. The van der Waals surface area contributed by atoms with Crippen molar-refractivity contribution < 1.29 is 61.5 Å². The Balaban J connectivity index is 0.00000320. The van der Waals surface area contributed by atoms with E-state index in [0.29, 0.717) is 16.7 Å². The number of aromatic nitrogens is 1. The zero-order valence-electron chi connectivity index (χ0n) is 16.0. The Hall–Kier alpha value is -2.71. The molecule has 0 bridgehead atoms. The third-order valence-corrected chi connectivity index (χ3v) is 4.31. The Morgan fingerprint density at radius 1 is 1.17 bits per heavy atom. The molecule has 0 saturated carbocycles. The topological polar surface area (TPSA) is 97.8 Å². The normalized spacial score (nSPS) is 11.3. The summed E-state index contributed by atoms with van der Waals surface area (Å²) in [5.74, 6) is -1.18. The van der Waals surface area contributed by atoms with E-state index >= 15 is 0 Å². The van der Waals surface area contributed by atoms with Gasteiger partial charge in [0, 0.05) is 67.0 Å². The maximum atomic E-state index is 13.7. The number of hydrogen-bond acceptors (Lipinski definition) is 6. The van der Waals surface area contributed by atoms with Gasteiger partial charge in [-0.15, -0.1) is 0 Å². The molecular weight excluding hydrogens is 471 g/mol. The summed E-state index contributed by atoms with van der Waals surface area (Å²) in [5.41, 5.74) is 6.78. The van der Waals surface area contributed by atoms with Crippen LogP contribution in [0.5, 0.6) is 23.1 Å². The minimum atomic E-state index is -0.641. The molecule has 0 spiro atoms. The number of rotatable bonds is 6. The van der Waals surface area contributed by atoms with E-state index < -0.39 is 5.82 Å². The molecule has 9 heteroatoms. The molecule has 3 aromatic rings. The zero-order valence-corrected chi connectivity index (χ0v) is 18.8. The van der Waals surface area contributed by atoms with Crippen LogP contribution in [0.3, 0.4) is 0 Å². The van der Waals surface area contributed by atoms with E-state index in [2.05, 4.69) is 9.93 Å². The number of allylic oxidation sites excluding steroid dienone is 2. The Labute approximate surface area is 196 Å². The Morgan fingerprint density at radius 2 is 1.93 bits per heavy atom. The van der Waals surface area contributed by atoms with Gasteiger partial charge in [0.15, 0.2) is 11.6 Å². The van der Waals surface area contributed by atoms with Crippen LogP contribution in [-0.4, -0.2) is 15.2 Å². The van der Waals surface area contributed by atoms with Gasteiger partial charge in [0.1, 0.15) is 17.3 Å². The average Bonchev–Trinajstić information content (AvgIpc) is 2.69. The quantitative estimate of drug-likeness (QED) is 0.330. The molecular formula is C21H18F2N2O4Y. The van der Waals surface area contributed by atoms with Crippen molar-refractivity contribution in [3.63, 3.8) is 0 Å². The molecule has 0 aliphatic heterocycles. The average molecular weight is 489 g/mol. The summed E-state index contributed by atoms with van der Waals surface area (Å²) in [7, 11) is 0. The summed E-state index contributed by atoms with van der Waals surface area (Å²) in [6, 6.07) is 11.5. The molecule has 0 saturated heterocycles. The molecule has 30 heavy (non-hydrogen) atoms. The van der Waals surface area contributed by atoms with Crippen LogP contribution >= 0.6 is 0 Å². The molecule has 0 aliphatic rings. The minimum absolute atomic E-state index is 0. The van der Waals surface area contributed by atoms with Crippen LogP contribution in [0, 0.1) is 5.82 Å². The summed E-state index contributed by atoms with van der Waals surface area (Å²) in [5, 5.41) is 20.8. The SMILES string of the molecule is C/C(=C(/O)Cc1cccc(N)c1OF)c1ccc(Oc2ncccc2F)cc1O.[Y]. The predicted octanol–water partition coefficient (Wildman–Crippen LogP) is 5.09. The molecule has 0 aliphatic carbocycles. The first-order valence-corrected chi connectivity index (χ1v) is 8.57. The summed E-state index contributed by atoms with van der Waals surface area (Å²) < 4.78 is 31.8. The second kappa shape index (κ2) is 10.4. The number of halogens is 2.